The van der Waals surface area contributed by atoms with Crippen molar-refractivity contribution in [2.24, 2.45) is 56.7 Å². The third kappa shape index (κ3) is 5.11. The highest BCUT2D eigenvalue weighted by Crippen LogP contribution is 2.76. The molecule has 0 aromatic carbocycles. The van der Waals surface area contributed by atoms with Crippen LogP contribution in [0.2, 0.25) is 0 Å². The number of fused-ring (bicyclic) bond motifs is 9. The molecule has 2 saturated heterocycles. The third-order valence-electron chi connectivity index (χ3n) is 18.8. The first-order valence-corrected chi connectivity index (χ1v) is 23.0. The number of rotatable bonds is 8. The first-order chi connectivity index (χ1) is 24.4. The van der Waals surface area contributed by atoms with Crippen molar-refractivity contribution in [2.75, 3.05) is 32.1 Å². The number of allylic oxidation sites excluding steroid dienone is 5. The molecule has 2 bridgehead atoms. The van der Waals surface area contributed by atoms with Crippen molar-refractivity contribution in [1.82, 2.24) is 10.2 Å². The van der Waals surface area contributed by atoms with E-state index in [1.54, 1.807) is 0 Å². The molecule has 5 nitrogen and oxygen atoms in total. The minimum atomic E-state index is -1.87. The molecule has 6 fully saturated rings. The predicted octanol–water partition coefficient (Wildman–Crippen LogP) is 8.85. The second-order valence-corrected chi connectivity index (χ2v) is 23.7. The van der Waals surface area contributed by atoms with E-state index in [2.05, 4.69) is 76.4 Å². The molecule has 0 spiro atoms. The van der Waals surface area contributed by atoms with Crippen LogP contribution in [-0.4, -0.2) is 74.9 Å². The van der Waals surface area contributed by atoms with Crippen LogP contribution in [0.25, 0.3) is 0 Å². The molecule has 7 heteroatoms. The van der Waals surface area contributed by atoms with E-state index in [1.165, 1.54) is 68.1 Å². The van der Waals surface area contributed by atoms with Gasteiger partial charge in [0.2, 0.25) is 0 Å². The summed E-state index contributed by atoms with van der Waals surface area (Å²) in [5.41, 5.74) is 3.81. The van der Waals surface area contributed by atoms with Gasteiger partial charge in [0.05, 0.1) is 5.41 Å². The number of aliphatic carboxylic acids is 1. The zero-order chi connectivity index (χ0) is 37.3. The van der Waals surface area contributed by atoms with Crippen LogP contribution in [0.1, 0.15) is 125 Å². The molecular formula is C45H69FN2O3S. The molecule has 2 aliphatic heterocycles. The Morgan fingerprint density at radius 1 is 1.00 bits per heavy atom. The zero-order valence-electron chi connectivity index (χ0n) is 33.3. The Morgan fingerprint density at radius 2 is 1.77 bits per heavy atom. The topological polar surface area (TPSA) is 69.6 Å². The van der Waals surface area contributed by atoms with Gasteiger partial charge in [-0.05, 0) is 168 Å². The first kappa shape index (κ1) is 37.5. The van der Waals surface area contributed by atoms with Gasteiger partial charge in [-0.15, -0.1) is 0 Å². The van der Waals surface area contributed by atoms with Crippen LogP contribution in [0, 0.1) is 56.7 Å². The number of likely N-dealkylation sites (tertiary alicyclic amines) is 1. The van der Waals surface area contributed by atoms with Gasteiger partial charge in [0.25, 0.3) is 0 Å². The van der Waals surface area contributed by atoms with E-state index in [0.29, 0.717) is 60.1 Å². The quantitative estimate of drug-likeness (QED) is 0.193. The van der Waals surface area contributed by atoms with Crippen molar-refractivity contribution >= 4 is 21.4 Å². The number of nitrogens with zero attached hydrogens (tertiary/aromatic N) is 1. The van der Waals surface area contributed by atoms with Gasteiger partial charge in [-0.25, -0.2) is 4.39 Å². The van der Waals surface area contributed by atoms with Crippen molar-refractivity contribution in [1.29, 1.82) is 0 Å². The Hall–Kier alpha value is -1.44. The van der Waals surface area contributed by atoms with Gasteiger partial charge in [-0.3, -0.25) is 13.9 Å². The van der Waals surface area contributed by atoms with Crippen molar-refractivity contribution in [3.05, 3.63) is 35.5 Å². The molecule has 8 rings (SSSR count). The second kappa shape index (κ2) is 12.3. The first-order valence-electron chi connectivity index (χ1n) is 21.1. The molecule has 0 amide bonds. The molecule has 6 aliphatic carbocycles. The maximum absolute atomic E-state index is 14.0. The number of halogens is 1. The van der Waals surface area contributed by atoms with E-state index >= 15 is 0 Å². The zero-order valence-corrected chi connectivity index (χ0v) is 34.2. The molecular weight excluding hydrogens is 668 g/mol. The van der Waals surface area contributed by atoms with Crippen LogP contribution < -0.4 is 5.32 Å². The van der Waals surface area contributed by atoms with E-state index < -0.39 is 27.6 Å². The number of alkyl halides is 1. The molecule has 4 saturated carbocycles. The Kier molecular flexibility index (Phi) is 8.85. The number of carboxylic acid groups (broad SMARTS) is 1. The van der Waals surface area contributed by atoms with Gasteiger partial charge in [-0.2, -0.15) is 0 Å². The van der Waals surface area contributed by atoms with Crippen LogP contribution in [-0.2, 0) is 14.3 Å². The second-order valence-electron chi connectivity index (χ2n) is 21.0. The number of hydrogen-bond acceptors (Lipinski definition) is 4. The van der Waals surface area contributed by atoms with Gasteiger partial charge in [0, 0.05) is 42.2 Å². The molecule has 290 valence electrons. The monoisotopic (exact) mass is 737 g/mol. The van der Waals surface area contributed by atoms with Gasteiger partial charge >= 0.3 is 5.97 Å². The van der Waals surface area contributed by atoms with Crippen LogP contribution in [0.5, 0.6) is 0 Å². The molecule has 2 N–H and O–H groups in total. The van der Waals surface area contributed by atoms with E-state index in [-0.39, 0.29) is 27.2 Å². The van der Waals surface area contributed by atoms with E-state index in [4.69, 9.17) is 0 Å². The van der Waals surface area contributed by atoms with Crippen LogP contribution in [0.3, 0.4) is 0 Å². The number of nitrogens with one attached hydrogen (secondary N) is 1. The van der Waals surface area contributed by atoms with Crippen molar-refractivity contribution in [3.8, 4) is 0 Å². The summed E-state index contributed by atoms with van der Waals surface area (Å²) in [6.07, 6.45) is 18.4. The molecule has 52 heavy (non-hydrogen) atoms. The molecule has 0 aromatic heterocycles. The van der Waals surface area contributed by atoms with E-state index in [1.807, 2.05) is 0 Å². The molecule has 1 unspecified atom stereocenters. The minimum absolute atomic E-state index is 0.00201. The largest absolute Gasteiger partial charge is 0.481 e. The molecule has 2 heterocycles. The van der Waals surface area contributed by atoms with Crippen molar-refractivity contribution < 1.29 is 18.5 Å². The van der Waals surface area contributed by atoms with Gasteiger partial charge < -0.3 is 10.4 Å². The molecule has 0 aromatic rings. The highest BCUT2D eigenvalue weighted by Gasteiger charge is 2.70. The fraction of sp³-hybridized carbons (Fsp3) is 0.822. The Morgan fingerprint density at radius 3 is 2.38 bits per heavy atom. The van der Waals surface area contributed by atoms with Crippen LogP contribution in [0.15, 0.2) is 35.5 Å². The third-order valence-corrected chi connectivity index (χ3v) is 21.3. The van der Waals surface area contributed by atoms with E-state index in [0.717, 1.165) is 38.2 Å². The number of hydrogen-bond donors (Lipinski definition) is 2. The smallest absolute Gasteiger partial charge is 0.312 e. The maximum atomic E-state index is 14.0. The average molecular weight is 737 g/mol. The lowest BCUT2D eigenvalue weighted by atomic mass is 9.33. The Balaban J connectivity index is 1.04. The summed E-state index contributed by atoms with van der Waals surface area (Å²) >= 11 is 0. The SMILES string of the molecule is C=C(C)[C@@H]1CC[C@]2(NCCN3C[C@@H]4C[C@H]3CS4(=C)=O)CC[C@]3(C)[C@H](CC[C@@H]4[C@@]5(C)CC=C(C6=CC[C@](CF)(C(=O)O)CC6)C(C)(C)[C@@H]5CC[C@]43C)[C@@H]12. The number of carboxylic acids is 1. The summed E-state index contributed by atoms with van der Waals surface area (Å²) in [6.45, 7) is 22.2. The standard InChI is InChI=1S/C45H69FN2O3S/c1-29(2)33-13-20-45(47-23-24-48-26-32-25-31(48)27-52(32,8)51)22-21-42(6)35(38(33)45)9-10-37-41(5)16-14-34(40(3,4)36(41)15-17-43(37,42)7)30-11-18-44(28-46,19-12-30)39(49)50/h11,14,31-33,35-38,47H,1,8-10,12-13,15-28H2,2-7H3,(H,49,50)/t31-,32-,33-,35+,36-,37+,38+,41-,42+,43+,44-,45-,52?/m0/s1. The van der Waals surface area contributed by atoms with Gasteiger partial charge in [0.1, 0.15) is 6.67 Å². The number of carbonyl (C=O) groups is 1. The van der Waals surface area contributed by atoms with Crippen molar-refractivity contribution in [3.63, 3.8) is 0 Å². The maximum Gasteiger partial charge on any atom is 0.312 e. The van der Waals surface area contributed by atoms with Gasteiger partial charge in [0.15, 0.2) is 0 Å². The Labute approximate surface area is 315 Å². The van der Waals surface area contributed by atoms with Crippen LogP contribution >= 0.6 is 0 Å². The fourth-order valence-electron chi connectivity index (χ4n) is 15.7. The molecule has 8 aliphatic rings. The minimum Gasteiger partial charge on any atom is -0.481 e. The average Bonchev–Trinajstić information content (AvgIpc) is 3.75. The highest BCUT2D eigenvalue weighted by atomic mass is 32.2. The lowest BCUT2D eigenvalue weighted by Crippen LogP contribution is -2.68. The summed E-state index contributed by atoms with van der Waals surface area (Å²) in [7, 11) is -1.87. The summed E-state index contributed by atoms with van der Waals surface area (Å²) < 4.78 is 26.8. The lowest BCUT2D eigenvalue weighted by molar-refractivity contribution is -0.221. The van der Waals surface area contributed by atoms with Crippen molar-refractivity contribution in [2.45, 2.75) is 142 Å². The summed E-state index contributed by atoms with van der Waals surface area (Å²) in [6, 6.07) is 0.464. The molecule has 13 atom stereocenters. The van der Waals surface area contributed by atoms with E-state index in [9.17, 15) is 18.5 Å². The predicted molar refractivity (Wildman–Crippen MR) is 213 cm³/mol. The molecule has 0 radical (unpaired) electrons. The highest BCUT2D eigenvalue weighted by molar-refractivity contribution is 8.01. The summed E-state index contributed by atoms with van der Waals surface area (Å²) in [5, 5.41) is 14.4. The normalized spacial score (nSPS) is 50.7. The lowest BCUT2D eigenvalue weighted by Gasteiger charge is -2.72. The fourth-order valence-corrected chi connectivity index (χ4v) is 18.0. The van der Waals surface area contributed by atoms with Crippen LogP contribution in [0.4, 0.5) is 4.39 Å². The van der Waals surface area contributed by atoms with Gasteiger partial charge in [-0.1, -0.05) is 58.9 Å². The Bertz CT molecular complexity index is 1680. The summed E-state index contributed by atoms with van der Waals surface area (Å²) in [4.78, 5) is 14.6. The summed E-state index contributed by atoms with van der Waals surface area (Å²) in [5.74, 6) is 7.06.